The number of carbonyl (C=O) groups excluding carboxylic acids is 1. The van der Waals surface area contributed by atoms with Gasteiger partial charge in [0, 0.05) is 22.9 Å². The summed E-state index contributed by atoms with van der Waals surface area (Å²) in [7, 11) is 7.88. The minimum absolute atomic E-state index is 0.130. The van der Waals surface area contributed by atoms with Gasteiger partial charge in [0.1, 0.15) is 11.9 Å². The highest BCUT2D eigenvalue weighted by atomic mass is 16.5. The minimum Gasteiger partial charge on any atom is -0.493 e. The Morgan fingerprint density at radius 2 is 1.30 bits per heavy atom. The second-order valence-corrected chi connectivity index (χ2v) is 11.3. The molecule has 4 aromatic carbocycles. The molecule has 1 atom stereocenters. The number of fused-ring (bicyclic) bond motifs is 1. The lowest BCUT2D eigenvalue weighted by Gasteiger charge is -2.28. The Labute approximate surface area is 290 Å². The molecule has 12 heteroatoms. The van der Waals surface area contributed by atoms with Gasteiger partial charge >= 0.3 is 0 Å². The van der Waals surface area contributed by atoms with E-state index in [2.05, 4.69) is 15.8 Å². The third-order valence-corrected chi connectivity index (χ3v) is 8.24. The fourth-order valence-corrected chi connectivity index (χ4v) is 5.64. The van der Waals surface area contributed by atoms with Crippen LogP contribution in [0.3, 0.4) is 0 Å². The van der Waals surface area contributed by atoms with Crippen LogP contribution in [0.4, 0.5) is 5.69 Å². The summed E-state index contributed by atoms with van der Waals surface area (Å²) < 4.78 is 45.4. The molecule has 1 aliphatic heterocycles. The van der Waals surface area contributed by atoms with E-state index in [4.69, 9.17) is 37.7 Å². The number of anilines is 1. The summed E-state index contributed by atoms with van der Waals surface area (Å²) >= 11 is 0. The lowest BCUT2D eigenvalue weighted by atomic mass is 10.1. The van der Waals surface area contributed by atoms with Crippen LogP contribution in [0.25, 0.3) is 22.6 Å². The Balaban J connectivity index is 1.04. The number of hydrogen-bond acceptors (Lipinski definition) is 11. The highest BCUT2D eigenvalue weighted by molar-refractivity contribution is 6.01. The Morgan fingerprint density at radius 3 is 2.00 bits per heavy atom. The minimum atomic E-state index is -0.388. The Kier molecular flexibility index (Phi) is 10.5. The predicted octanol–water partition coefficient (Wildman–Crippen LogP) is 7.14. The average Bonchev–Trinajstić information content (AvgIpc) is 3.66. The van der Waals surface area contributed by atoms with Crippen molar-refractivity contribution in [1.82, 2.24) is 10.5 Å². The molecule has 0 aliphatic carbocycles. The Morgan fingerprint density at radius 1 is 0.640 bits per heavy atom. The van der Waals surface area contributed by atoms with Gasteiger partial charge in [-0.25, -0.2) is 0 Å². The molecule has 0 saturated carbocycles. The van der Waals surface area contributed by atoms with Gasteiger partial charge in [-0.15, -0.1) is 0 Å². The smallest absolute Gasteiger partial charge is 0.255 e. The topological polar surface area (TPSA) is 132 Å². The summed E-state index contributed by atoms with van der Waals surface area (Å²) in [6.45, 7) is 0.911. The molecule has 0 spiro atoms. The molecule has 2 N–H and O–H groups in total. The summed E-state index contributed by atoms with van der Waals surface area (Å²) in [5, 5.41) is 10.6. The van der Waals surface area contributed by atoms with Crippen LogP contribution in [0.5, 0.6) is 40.2 Å². The molecular weight excluding hydrogens is 642 g/mol. The number of hydrogen-bond donors (Lipinski definition) is 2. The summed E-state index contributed by atoms with van der Waals surface area (Å²) in [4.78, 5) is 12.6. The molecule has 1 aliphatic rings. The van der Waals surface area contributed by atoms with Crippen molar-refractivity contribution in [3.05, 3.63) is 90.0 Å². The maximum Gasteiger partial charge on any atom is 0.255 e. The zero-order chi connectivity index (χ0) is 35.0. The van der Waals surface area contributed by atoms with Crippen molar-refractivity contribution in [2.75, 3.05) is 54.1 Å². The predicted molar refractivity (Wildman–Crippen MR) is 187 cm³/mol. The van der Waals surface area contributed by atoms with Gasteiger partial charge in [0.05, 0.1) is 54.3 Å². The quantitative estimate of drug-likeness (QED) is 0.109. The molecule has 1 unspecified atom stereocenters. The second-order valence-electron chi connectivity index (χ2n) is 11.3. The van der Waals surface area contributed by atoms with Crippen molar-refractivity contribution in [1.29, 1.82) is 0 Å². The number of nitrogens with zero attached hydrogens (tertiary/aromatic N) is 1. The monoisotopic (exact) mass is 681 g/mol. The molecule has 1 aromatic heterocycles. The molecule has 260 valence electrons. The highest BCUT2D eigenvalue weighted by Crippen LogP contribution is 2.42. The van der Waals surface area contributed by atoms with Gasteiger partial charge in [0.2, 0.25) is 5.75 Å². The van der Waals surface area contributed by atoms with Crippen LogP contribution < -0.4 is 43.8 Å². The van der Waals surface area contributed by atoms with E-state index in [1.165, 1.54) is 0 Å². The van der Waals surface area contributed by atoms with Gasteiger partial charge in [-0.1, -0.05) is 23.4 Å². The van der Waals surface area contributed by atoms with E-state index in [1.807, 2.05) is 60.7 Å². The molecule has 0 radical (unpaired) electrons. The summed E-state index contributed by atoms with van der Waals surface area (Å²) in [6.07, 6.45) is 1.09. The first-order valence-corrected chi connectivity index (χ1v) is 16.0. The van der Waals surface area contributed by atoms with Crippen molar-refractivity contribution in [2.24, 2.45) is 0 Å². The molecule has 0 fully saturated rings. The van der Waals surface area contributed by atoms with Crippen molar-refractivity contribution >= 4 is 11.6 Å². The maximum atomic E-state index is 12.6. The first kappa shape index (κ1) is 33.8. The molecule has 0 bridgehead atoms. The van der Waals surface area contributed by atoms with E-state index in [1.54, 1.807) is 53.7 Å². The van der Waals surface area contributed by atoms with Crippen LogP contribution in [0.15, 0.2) is 83.4 Å². The van der Waals surface area contributed by atoms with Crippen LogP contribution in [0.2, 0.25) is 0 Å². The molecule has 50 heavy (non-hydrogen) atoms. The fraction of sp³-hybridized carbons (Fsp3) is 0.263. The van der Waals surface area contributed by atoms with Gasteiger partial charge in [0.25, 0.3) is 5.91 Å². The standard InChI is InChI=1S/C38H39N3O9/c1-43-29-14-12-23(28-22-31(50-41-28)25-20-34(45-3)36(47-5)35(21-25)46-4)18-33(29)49-17-9-8-16-48-30-15-13-24(19-32(30)44-2)37-39-27-11-7-6-10-26(27)38(42)40-37/h6-7,10-15,18-22,37,39H,8-9,16-17H2,1-5H3,(H,40,42). The molecule has 5 aromatic rings. The number of unbranched alkanes of at least 4 members (excludes halogenated alkanes) is 1. The van der Waals surface area contributed by atoms with E-state index < -0.39 is 0 Å². The summed E-state index contributed by atoms with van der Waals surface area (Å²) in [5.41, 5.74) is 4.40. The molecule has 6 rings (SSSR count). The van der Waals surface area contributed by atoms with Crippen LogP contribution in [-0.4, -0.2) is 59.8 Å². The third-order valence-electron chi connectivity index (χ3n) is 8.24. The van der Waals surface area contributed by atoms with Gasteiger partial charge in [0.15, 0.2) is 40.3 Å². The normalized spacial score (nSPS) is 13.4. The SMILES string of the molecule is COc1cc(C2NC(=O)c3ccccc3N2)ccc1OCCCCOc1cc(-c2cc(-c3cc(OC)c(OC)c(OC)c3)on2)ccc1OC. The number of methoxy groups -OCH3 is 5. The van der Waals surface area contributed by atoms with Gasteiger partial charge in [-0.3, -0.25) is 4.79 Å². The number of ether oxygens (including phenoxy) is 7. The van der Waals surface area contributed by atoms with Gasteiger partial charge in [-0.2, -0.15) is 0 Å². The first-order valence-electron chi connectivity index (χ1n) is 16.0. The molecule has 2 heterocycles. The van der Waals surface area contributed by atoms with E-state index in [0.717, 1.165) is 35.2 Å². The summed E-state index contributed by atoms with van der Waals surface area (Å²) in [5.74, 6) is 4.32. The summed E-state index contributed by atoms with van der Waals surface area (Å²) in [6, 6.07) is 24.1. The van der Waals surface area contributed by atoms with E-state index in [0.29, 0.717) is 70.5 Å². The second kappa shape index (κ2) is 15.5. The number of carbonyl (C=O) groups is 1. The number of nitrogens with one attached hydrogen (secondary N) is 2. The number of para-hydroxylation sites is 1. The highest BCUT2D eigenvalue weighted by Gasteiger charge is 2.25. The number of aromatic nitrogens is 1. The van der Waals surface area contributed by atoms with E-state index in [-0.39, 0.29) is 12.1 Å². The third kappa shape index (κ3) is 7.19. The number of benzene rings is 4. The molecule has 12 nitrogen and oxygen atoms in total. The van der Waals surface area contributed by atoms with E-state index in [9.17, 15) is 4.79 Å². The maximum absolute atomic E-state index is 12.6. The average molecular weight is 682 g/mol. The molecule has 0 saturated heterocycles. The van der Waals surface area contributed by atoms with Crippen molar-refractivity contribution in [2.45, 2.75) is 19.0 Å². The van der Waals surface area contributed by atoms with Crippen LogP contribution in [0.1, 0.15) is 34.9 Å². The Bertz CT molecular complexity index is 1930. The fourth-order valence-electron chi connectivity index (χ4n) is 5.64. The van der Waals surface area contributed by atoms with Crippen LogP contribution >= 0.6 is 0 Å². The Hall–Kier alpha value is -6.04. The zero-order valence-corrected chi connectivity index (χ0v) is 28.5. The number of amides is 1. The van der Waals surface area contributed by atoms with Crippen molar-refractivity contribution < 1.29 is 42.5 Å². The van der Waals surface area contributed by atoms with Crippen molar-refractivity contribution in [3.8, 4) is 62.8 Å². The van der Waals surface area contributed by atoms with Crippen LogP contribution in [0, 0.1) is 0 Å². The number of rotatable bonds is 15. The van der Waals surface area contributed by atoms with Gasteiger partial charge < -0.3 is 48.3 Å². The molecular formula is C38H39N3O9. The largest absolute Gasteiger partial charge is 0.493 e. The lowest BCUT2D eigenvalue weighted by molar-refractivity contribution is 0.0935. The van der Waals surface area contributed by atoms with Crippen LogP contribution in [-0.2, 0) is 0 Å². The zero-order valence-electron chi connectivity index (χ0n) is 28.5. The lowest BCUT2D eigenvalue weighted by Crippen LogP contribution is -2.38. The molecule has 1 amide bonds. The van der Waals surface area contributed by atoms with Crippen molar-refractivity contribution in [3.63, 3.8) is 0 Å². The first-order chi connectivity index (χ1) is 24.5. The van der Waals surface area contributed by atoms with Gasteiger partial charge in [-0.05, 0) is 73.0 Å². The van der Waals surface area contributed by atoms with E-state index >= 15 is 0 Å².